The van der Waals surface area contributed by atoms with Gasteiger partial charge in [-0.05, 0) is 50.8 Å². The Labute approximate surface area is 195 Å². The summed E-state index contributed by atoms with van der Waals surface area (Å²) in [5, 5.41) is 7.83. The van der Waals surface area contributed by atoms with E-state index in [9.17, 15) is 9.59 Å². The van der Waals surface area contributed by atoms with Gasteiger partial charge in [-0.2, -0.15) is 5.10 Å². The molecule has 1 aliphatic rings. The Hall–Kier alpha value is -3.41. The van der Waals surface area contributed by atoms with Crippen LogP contribution in [-0.4, -0.2) is 46.1 Å². The van der Waals surface area contributed by atoms with Crippen molar-refractivity contribution in [3.05, 3.63) is 71.4 Å². The first kappa shape index (κ1) is 22.8. The van der Waals surface area contributed by atoms with Gasteiger partial charge < -0.3 is 10.2 Å². The number of nitrogens with one attached hydrogen (secondary N) is 1. The van der Waals surface area contributed by atoms with Crippen molar-refractivity contribution in [3.8, 4) is 16.9 Å². The monoisotopic (exact) mass is 444 g/mol. The average molecular weight is 445 g/mol. The van der Waals surface area contributed by atoms with Gasteiger partial charge in [-0.25, -0.2) is 4.68 Å². The van der Waals surface area contributed by atoms with E-state index in [4.69, 9.17) is 5.10 Å². The van der Waals surface area contributed by atoms with Gasteiger partial charge in [-0.15, -0.1) is 0 Å². The molecule has 1 aromatic heterocycles. The SMILES string of the molecule is Cc1ccc(-c2nn(-c3ccccc3)cc2C(=O)NCCCN2CCCCCC2=O)c(C)c1. The maximum Gasteiger partial charge on any atom is 0.255 e. The minimum absolute atomic E-state index is 0.144. The van der Waals surface area contributed by atoms with Crippen LogP contribution in [-0.2, 0) is 4.79 Å². The molecule has 2 heterocycles. The summed E-state index contributed by atoms with van der Waals surface area (Å²) in [5.74, 6) is 0.0921. The summed E-state index contributed by atoms with van der Waals surface area (Å²) in [7, 11) is 0. The van der Waals surface area contributed by atoms with Crippen molar-refractivity contribution in [2.24, 2.45) is 0 Å². The number of hydrogen-bond acceptors (Lipinski definition) is 3. The summed E-state index contributed by atoms with van der Waals surface area (Å²) in [6.07, 6.45) is 6.35. The average Bonchev–Trinajstić information content (AvgIpc) is 3.15. The molecule has 1 aliphatic heterocycles. The van der Waals surface area contributed by atoms with E-state index in [1.807, 2.05) is 54.3 Å². The maximum absolute atomic E-state index is 13.2. The minimum atomic E-state index is -0.144. The lowest BCUT2D eigenvalue weighted by atomic mass is 10.0. The highest BCUT2D eigenvalue weighted by atomic mass is 16.2. The summed E-state index contributed by atoms with van der Waals surface area (Å²) in [4.78, 5) is 27.3. The normalized spacial score (nSPS) is 14.2. The topological polar surface area (TPSA) is 67.2 Å². The number of carbonyl (C=O) groups excluding carboxylic acids is 2. The van der Waals surface area contributed by atoms with Crippen LogP contribution in [0.25, 0.3) is 16.9 Å². The number of hydrogen-bond donors (Lipinski definition) is 1. The van der Waals surface area contributed by atoms with Crippen molar-refractivity contribution in [1.29, 1.82) is 0 Å². The number of aromatic nitrogens is 2. The molecule has 0 atom stereocenters. The number of aryl methyl sites for hydroxylation is 2. The second-order valence-electron chi connectivity index (χ2n) is 8.79. The van der Waals surface area contributed by atoms with Crippen molar-refractivity contribution in [1.82, 2.24) is 20.0 Å². The zero-order valence-electron chi connectivity index (χ0n) is 19.5. The van der Waals surface area contributed by atoms with E-state index in [1.54, 1.807) is 10.9 Å². The number of likely N-dealkylation sites (tertiary alicyclic amines) is 1. The van der Waals surface area contributed by atoms with Crippen molar-refractivity contribution >= 4 is 11.8 Å². The molecule has 0 bridgehead atoms. The highest BCUT2D eigenvalue weighted by molar-refractivity contribution is 6.00. The molecule has 3 aromatic rings. The first-order valence-corrected chi connectivity index (χ1v) is 11.8. The summed E-state index contributed by atoms with van der Waals surface area (Å²) in [6, 6.07) is 16.0. The molecule has 0 spiro atoms. The molecule has 1 N–H and O–H groups in total. The number of carbonyl (C=O) groups is 2. The summed E-state index contributed by atoms with van der Waals surface area (Å²) < 4.78 is 1.76. The number of amides is 2. The van der Waals surface area contributed by atoms with E-state index in [0.29, 0.717) is 30.8 Å². The van der Waals surface area contributed by atoms with Gasteiger partial charge in [-0.1, -0.05) is 48.4 Å². The van der Waals surface area contributed by atoms with E-state index in [2.05, 4.69) is 18.3 Å². The van der Waals surface area contributed by atoms with Gasteiger partial charge in [0.25, 0.3) is 5.91 Å². The number of benzene rings is 2. The molecule has 0 aliphatic carbocycles. The van der Waals surface area contributed by atoms with Crippen molar-refractivity contribution in [2.45, 2.75) is 46.0 Å². The van der Waals surface area contributed by atoms with Crippen LogP contribution in [0.4, 0.5) is 0 Å². The van der Waals surface area contributed by atoms with E-state index in [-0.39, 0.29) is 11.8 Å². The summed E-state index contributed by atoms with van der Waals surface area (Å²) in [6.45, 7) is 6.14. The molecular formula is C27H32N4O2. The Kier molecular flexibility index (Phi) is 7.23. The van der Waals surface area contributed by atoms with Gasteiger partial charge in [0.15, 0.2) is 0 Å². The Bertz CT molecular complexity index is 1120. The predicted octanol–water partition coefficient (Wildman–Crippen LogP) is 4.68. The predicted molar refractivity (Wildman–Crippen MR) is 130 cm³/mol. The minimum Gasteiger partial charge on any atom is -0.352 e. The van der Waals surface area contributed by atoms with Gasteiger partial charge in [0.2, 0.25) is 5.91 Å². The summed E-state index contributed by atoms with van der Waals surface area (Å²) >= 11 is 0. The first-order chi connectivity index (χ1) is 16.0. The number of nitrogens with zero attached hydrogens (tertiary/aromatic N) is 3. The van der Waals surface area contributed by atoms with Gasteiger partial charge in [-0.3, -0.25) is 9.59 Å². The highest BCUT2D eigenvalue weighted by Crippen LogP contribution is 2.27. The zero-order valence-corrected chi connectivity index (χ0v) is 19.5. The molecule has 1 saturated heterocycles. The smallest absolute Gasteiger partial charge is 0.255 e. The maximum atomic E-state index is 13.2. The van der Waals surface area contributed by atoms with Crippen molar-refractivity contribution in [2.75, 3.05) is 19.6 Å². The van der Waals surface area contributed by atoms with Crippen molar-refractivity contribution < 1.29 is 9.59 Å². The fourth-order valence-corrected chi connectivity index (χ4v) is 4.37. The van der Waals surface area contributed by atoms with E-state index in [0.717, 1.165) is 49.0 Å². The van der Waals surface area contributed by atoms with Gasteiger partial charge in [0.1, 0.15) is 5.69 Å². The number of para-hydroxylation sites is 1. The molecular weight excluding hydrogens is 412 g/mol. The lowest BCUT2D eigenvalue weighted by Gasteiger charge is -2.20. The van der Waals surface area contributed by atoms with Crippen LogP contribution in [0.1, 0.15) is 53.6 Å². The lowest BCUT2D eigenvalue weighted by molar-refractivity contribution is -0.130. The molecule has 0 saturated carbocycles. The third-order valence-corrected chi connectivity index (χ3v) is 6.18. The van der Waals surface area contributed by atoms with Crippen molar-refractivity contribution in [3.63, 3.8) is 0 Å². The second-order valence-corrected chi connectivity index (χ2v) is 8.79. The molecule has 0 radical (unpaired) electrons. The van der Waals surface area contributed by atoms with Crippen LogP contribution in [0, 0.1) is 13.8 Å². The fraction of sp³-hybridized carbons (Fsp3) is 0.370. The molecule has 4 rings (SSSR count). The zero-order chi connectivity index (χ0) is 23.2. The molecule has 6 heteroatoms. The second kappa shape index (κ2) is 10.5. The third-order valence-electron chi connectivity index (χ3n) is 6.18. The van der Waals surface area contributed by atoms with E-state index < -0.39 is 0 Å². The number of rotatable bonds is 7. The standard InChI is InChI=1S/C27H32N4O2/c1-20-13-14-23(21(2)18-20)26-24(19-31(29-26)22-10-5-3-6-11-22)27(33)28-15-9-17-30-16-8-4-7-12-25(30)32/h3,5-6,10-11,13-14,18-19H,4,7-9,12,15-17H2,1-2H3,(H,28,33). The Morgan fingerprint density at radius 3 is 2.67 bits per heavy atom. The lowest BCUT2D eigenvalue weighted by Crippen LogP contribution is -2.34. The van der Waals surface area contributed by atoms with Crippen LogP contribution < -0.4 is 5.32 Å². The third kappa shape index (κ3) is 5.51. The largest absolute Gasteiger partial charge is 0.352 e. The molecule has 2 aromatic carbocycles. The molecule has 2 amide bonds. The van der Waals surface area contributed by atoms with E-state index >= 15 is 0 Å². The van der Waals surface area contributed by atoms with Crippen LogP contribution in [0.2, 0.25) is 0 Å². The Morgan fingerprint density at radius 2 is 1.88 bits per heavy atom. The van der Waals surface area contributed by atoms with Crippen LogP contribution >= 0.6 is 0 Å². The van der Waals surface area contributed by atoms with Gasteiger partial charge >= 0.3 is 0 Å². The van der Waals surface area contributed by atoms with Crippen LogP contribution in [0.15, 0.2) is 54.7 Å². The van der Waals surface area contributed by atoms with Gasteiger partial charge in [0.05, 0.1) is 11.3 Å². The molecule has 172 valence electrons. The Morgan fingerprint density at radius 1 is 1.06 bits per heavy atom. The Balaban J connectivity index is 1.51. The molecule has 1 fully saturated rings. The van der Waals surface area contributed by atoms with Crippen LogP contribution in [0.3, 0.4) is 0 Å². The highest BCUT2D eigenvalue weighted by Gasteiger charge is 2.20. The van der Waals surface area contributed by atoms with E-state index in [1.165, 1.54) is 5.56 Å². The summed E-state index contributed by atoms with van der Waals surface area (Å²) in [5.41, 5.74) is 5.35. The first-order valence-electron chi connectivity index (χ1n) is 11.8. The molecule has 6 nitrogen and oxygen atoms in total. The molecule has 33 heavy (non-hydrogen) atoms. The van der Waals surface area contributed by atoms with Gasteiger partial charge in [0, 0.05) is 37.8 Å². The van der Waals surface area contributed by atoms with Crippen LogP contribution in [0.5, 0.6) is 0 Å². The molecule has 0 unspecified atom stereocenters. The fourth-order valence-electron chi connectivity index (χ4n) is 4.37. The quantitative estimate of drug-likeness (QED) is 0.538.